The van der Waals surface area contributed by atoms with Crippen molar-refractivity contribution in [3.63, 3.8) is 0 Å². The molecule has 10 atom stereocenters. The summed E-state index contributed by atoms with van der Waals surface area (Å²) in [4.78, 5) is 0. The van der Waals surface area contributed by atoms with Gasteiger partial charge in [-0.15, -0.1) is 10.2 Å². The highest BCUT2D eigenvalue weighted by molar-refractivity contribution is 8.00. The third-order valence-corrected chi connectivity index (χ3v) is 9.97. The van der Waals surface area contributed by atoms with Gasteiger partial charge in [-0.25, -0.2) is 22.5 Å². The Bertz CT molecular complexity index is 1480. The Hall–Kier alpha value is -2.72. The maximum absolute atomic E-state index is 13.8. The van der Waals surface area contributed by atoms with E-state index in [1.54, 1.807) is 6.20 Å². The van der Waals surface area contributed by atoms with E-state index in [1.807, 2.05) is 0 Å². The average molecular weight is 674 g/mol. The first-order valence-electron chi connectivity index (χ1n) is 14.7. The molecule has 3 aromatic rings. The van der Waals surface area contributed by atoms with Crippen LogP contribution in [0.25, 0.3) is 11.3 Å². The lowest BCUT2D eigenvalue weighted by Gasteiger charge is -2.46. The second-order valence-electron chi connectivity index (χ2n) is 11.5. The van der Waals surface area contributed by atoms with Crippen LogP contribution in [0.3, 0.4) is 0 Å². The van der Waals surface area contributed by atoms with Gasteiger partial charge in [-0.1, -0.05) is 22.2 Å². The van der Waals surface area contributed by atoms with Crippen LogP contribution in [0.1, 0.15) is 36.5 Å². The number of ether oxygens (including phenoxy) is 2. The van der Waals surface area contributed by atoms with Gasteiger partial charge in [0.2, 0.25) is 0 Å². The summed E-state index contributed by atoms with van der Waals surface area (Å²) >= 11 is 0.779. The van der Waals surface area contributed by atoms with Gasteiger partial charge in [-0.05, 0) is 38.1 Å². The number of nitrogens with zero attached hydrogens (tertiary/aromatic N) is 6. The molecule has 0 spiro atoms. The smallest absolute Gasteiger partial charge is 0.194 e. The van der Waals surface area contributed by atoms with Gasteiger partial charge >= 0.3 is 0 Å². The number of benzene rings is 1. The zero-order valence-corrected chi connectivity index (χ0v) is 24.9. The number of nitrogens with one attached hydrogen (secondary N) is 1. The summed E-state index contributed by atoms with van der Waals surface area (Å²) < 4.78 is 55.1. The molecule has 19 heteroatoms. The Balaban J connectivity index is 1.24. The van der Waals surface area contributed by atoms with E-state index < -0.39 is 90.2 Å². The molecule has 46 heavy (non-hydrogen) atoms. The first-order valence-corrected chi connectivity index (χ1v) is 15.6. The summed E-state index contributed by atoms with van der Waals surface area (Å²) in [5.41, 5.74) is -2.06. The fourth-order valence-corrected chi connectivity index (χ4v) is 7.44. The maximum atomic E-state index is 13.8. The van der Waals surface area contributed by atoms with Crippen LogP contribution in [0.2, 0.25) is 0 Å². The highest BCUT2D eigenvalue weighted by Crippen LogP contribution is 2.42. The van der Waals surface area contributed by atoms with Crippen LogP contribution in [0, 0.1) is 17.5 Å². The number of aliphatic hydroxyl groups is 6. The molecule has 2 aromatic heterocycles. The Kier molecular flexibility index (Phi) is 9.95. The summed E-state index contributed by atoms with van der Waals surface area (Å²) in [6.45, 7) is 0.334. The molecule has 0 amide bonds. The molecule has 5 heterocycles. The van der Waals surface area contributed by atoms with Gasteiger partial charge in [0.05, 0.1) is 25.1 Å². The lowest BCUT2D eigenvalue weighted by molar-refractivity contribution is -0.189. The lowest BCUT2D eigenvalue weighted by atomic mass is 9.94. The Morgan fingerprint density at radius 1 is 0.783 bits per heavy atom. The summed E-state index contributed by atoms with van der Waals surface area (Å²) in [6, 6.07) is -0.990. The van der Waals surface area contributed by atoms with E-state index in [0.717, 1.165) is 42.4 Å². The van der Waals surface area contributed by atoms with Crippen molar-refractivity contribution in [2.75, 3.05) is 26.3 Å². The molecule has 3 fully saturated rings. The van der Waals surface area contributed by atoms with Gasteiger partial charge in [0.15, 0.2) is 17.5 Å². The van der Waals surface area contributed by atoms with Gasteiger partial charge in [0.1, 0.15) is 65.3 Å². The Labute approximate surface area is 263 Å². The van der Waals surface area contributed by atoms with E-state index in [-0.39, 0.29) is 17.2 Å². The van der Waals surface area contributed by atoms with Crippen molar-refractivity contribution < 1.29 is 53.3 Å². The highest BCUT2D eigenvalue weighted by atomic mass is 32.2. The molecule has 6 rings (SSSR count). The lowest BCUT2D eigenvalue weighted by Crippen LogP contribution is -2.58. The van der Waals surface area contributed by atoms with Gasteiger partial charge in [-0.2, -0.15) is 0 Å². The first-order chi connectivity index (χ1) is 22.1. The van der Waals surface area contributed by atoms with E-state index in [1.165, 1.54) is 10.9 Å². The highest BCUT2D eigenvalue weighted by Gasteiger charge is 2.51. The van der Waals surface area contributed by atoms with Gasteiger partial charge < -0.3 is 45.4 Å². The van der Waals surface area contributed by atoms with E-state index in [9.17, 15) is 43.8 Å². The molecule has 0 saturated carbocycles. The second kappa shape index (κ2) is 13.8. The zero-order chi connectivity index (χ0) is 32.7. The normalized spacial score (nSPS) is 34.2. The first kappa shape index (κ1) is 33.2. The fraction of sp³-hybridized carbons (Fsp3) is 0.630. The van der Waals surface area contributed by atoms with Crippen LogP contribution in [-0.4, -0.2) is 134 Å². The molecule has 3 aliphatic rings. The average Bonchev–Trinajstić information content (AvgIpc) is 3.74. The SMILES string of the molecule is OCC1OC(S[C@@H]2O[C@H](CO)C(O)C(n3cc(C4CCNCC4)nn3)C2O)C(O)C(n2cc(-c3cc(F)c(F)c(F)c3)nn2)C1O. The van der Waals surface area contributed by atoms with Crippen molar-refractivity contribution in [1.29, 1.82) is 0 Å². The van der Waals surface area contributed by atoms with Crippen molar-refractivity contribution in [1.82, 2.24) is 35.3 Å². The van der Waals surface area contributed by atoms with Crippen molar-refractivity contribution in [2.24, 2.45) is 0 Å². The summed E-state index contributed by atoms with van der Waals surface area (Å²) in [7, 11) is 0. The van der Waals surface area contributed by atoms with Gasteiger partial charge in [0, 0.05) is 17.7 Å². The summed E-state index contributed by atoms with van der Waals surface area (Å²) in [6.07, 6.45) is -3.90. The molecule has 1 aromatic carbocycles. The van der Waals surface area contributed by atoms with Crippen molar-refractivity contribution >= 4 is 11.8 Å². The number of piperidine rings is 1. The molecule has 15 nitrogen and oxygen atoms in total. The number of rotatable bonds is 8. The third-order valence-electron chi connectivity index (χ3n) is 8.65. The van der Waals surface area contributed by atoms with E-state index in [2.05, 4.69) is 25.9 Å². The molecular weight excluding hydrogens is 639 g/mol. The molecule has 252 valence electrons. The predicted octanol–water partition coefficient (Wildman–Crippen LogP) is -1.19. The molecule has 0 aliphatic carbocycles. The van der Waals surface area contributed by atoms with E-state index in [0.29, 0.717) is 17.8 Å². The van der Waals surface area contributed by atoms with Gasteiger partial charge in [-0.3, -0.25) is 0 Å². The summed E-state index contributed by atoms with van der Waals surface area (Å²) in [5, 5.41) is 84.1. The van der Waals surface area contributed by atoms with Crippen LogP contribution in [0.4, 0.5) is 13.2 Å². The molecule has 0 bridgehead atoms. The third kappa shape index (κ3) is 6.28. The maximum Gasteiger partial charge on any atom is 0.194 e. The van der Waals surface area contributed by atoms with E-state index in [4.69, 9.17) is 9.47 Å². The fourth-order valence-electron chi connectivity index (χ4n) is 6.12. The molecule has 7 N–H and O–H groups in total. The standard InChI is InChI=1S/C27H34F3N7O8S/c28-13-5-12(6-14(29)19(13)30)16-8-37(35-33-16)21-23(41)18(10-39)45-27(25(21)43)46-26-24(42)20(22(40)17(9-38)44-26)36-7-15(32-34-36)11-1-3-31-4-2-11/h5-8,11,17-18,20-27,31,38-43H,1-4,9-10H2/t17-,18?,20?,21?,22?,23?,24?,25?,26+,27?/m1/s1. The number of thioether (sulfide) groups is 1. The predicted molar refractivity (Wildman–Crippen MR) is 151 cm³/mol. The largest absolute Gasteiger partial charge is 0.394 e. The van der Waals surface area contributed by atoms with Crippen LogP contribution in [-0.2, 0) is 9.47 Å². The summed E-state index contributed by atoms with van der Waals surface area (Å²) in [5.74, 6) is -4.41. The van der Waals surface area contributed by atoms with Crippen molar-refractivity contribution in [2.45, 2.75) is 78.3 Å². The van der Waals surface area contributed by atoms with Crippen molar-refractivity contribution in [3.05, 3.63) is 47.7 Å². The number of hydrogen-bond acceptors (Lipinski definition) is 14. The molecule has 3 aliphatic heterocycles. The zero-order valence-electron chi connectivity index (χ0n) is 24.1. The number of aromatic nitrogens is 6. The van der Waals surface area contributed by atoms with Crippen LogP contribution < -0.4 is 5.32 Å². The minimum Gasteiger partial charge on any atom is -0.394 e. The second-order valence-corrected chi connectivity index (χ2v) is 12.7. The number of aliphatic hydroxyl groups excluding tert-OH is 6. The van der Waals surface area contributed by atoms with Crippen molar-refractivity contribution in [3.8, 4) is 11.3 Å². The Morgan fingerprint density at radius 2 is 1.30 bits per heavy atom. The topological polar surface area (TPSA) is 213 Å². The molecule has 0 radical (unpaired) electrons. The molecular formula is C27H34F3N7O8S. The quantitative estimate of drug-likeness (QED) is 0.140. The minimum absolute atomic E-state index is 0.0983. The number of halogens is 3. The van der Waals surface area contributed by atoms with Crippen LogP contribution in [0.15, 0.2) is 24.5 Å². The number of hydrogen-bond donors (Lipinski definition) is 7. The van der Waals surface area contributed by atoms with Gasteiger partial charge in [0.25, 0.3) is 0 Å². The van der Waals surface area contributed by atoms with E-state index >= 15 is 0 Å². The molecule has 3 saturated heterocycles. The Morgan fingerprint density at radius 3 is 1.85 bits per heavy atom. The minimum atomic E-state index is -1.66. The molecule has 8 unspecified atom stereocenters. The monoisotopic (exact) mass is 673 g/mol. The van der Waals surface area contributed by atoms with Crippen LogP contribution >= 0.6 is 11.8 Å². The van der Waals surface area contributed by atoms with Crippen LogP contribution in [0.5, 0.6) is 0 Å².